The SMILES string of the molecule is O=C(O)C=C(CC(=O)OC(=O)/C=C\C(=O)OC(=O)CC(=CC(=O)O)C(=O)O)C(=O)O. The third kappa shape index (κ3) is 11.2. The van der Waals surface area contributed by atoms with Crippen LogP contribution in [-0.4, -0.2) is 68.2 Å². The van der Waals surface area contributed by atoms with Crippen molar-refractivity contribution in [3.8, 4) is 0 Å². The zero-order chi connectivity index (χ0) is 23.4. The lowest BCUT2D eigenvalue weighted by molar-refractivity contribution is -0.158. The Morgan fingerprint density at radius 3 is 1.10 bits per heavy atom. The Bertz CT molecular complexity index is 814. The van der Waals surface area contributed by atoms with Gasteiger partial charge in [-0.05, 0) is 0 Å². The van der Waals surface area contributed by atoms with E-state index in [9.17, 15) is 38.4 Å². The smallest absolute Gasteiger partial charge is 0.338 e. The molecule has 0 bridgehead atoms. The van der Waals surface area contributed by atoms with E-state index < -0.39 is 71.7 Å². The molecule has 0 heterocycles. The van der Waals surface area contributed by atoms with E-state index in [4.69, 9.17) is 20.4 Å². The molecule has 0 unspecified atom stereocenters. The maximum absolute atomic E-state index is 11.4. The monoisotopic (exact) mass is 428 g/mol. The molecular weight excluding hydrogens is 416 g/mol. The van der Waals surface area contributed by atoms with Crippen molar-refractivity contribution in [2.75, 3.05) is 0 Å². The summed E-state index contributed by atoms with van der Waals surface area (Å²) in [5, 5.41) is 34.3. The fourth-order valence-corrected chi connectivity index (χ4v) is 1.49. The van der Waals surface area contributed by atoms with Crippen LogP contribution in [0.5, 0.6) is 0 Å². The van der Waals surface area contributed by atoms with Crippen molar-refractivity contribution in [1.82, 2.24) is 0 Å². The van der Waals surface area contributed by atoms with Crippen LogP contribution in [0.2, 0.25) is 0 Å². The molecule has 0 aliphatic carbocycles. The molecule has 0 aliphatic rings. The quantitative estimate of drug-likeness (QED) is 0.179. The van der Waals surface area contributed by atoms with Gasteiger partial charge in [0, 0.05) is 24.3 Å². The molecule has 0 aliphatic heterocycles. The first-order chi connectivity index (χ1) is 13.8. The van der Waals surface area contributed by atoms with Gasteiger partial charge in [0.15, 0.2) is 0 Å². The van der Waals surface area contributed by atoms with Crippen molar-refractivity contribution >= 4 is 47.8 Å². The minimum absolute atomic E-state index is 0.205. The average Bonchev–Trinajstić information content (AvgIpc) is 2.57. The maximum atomic E-state index is 11.4. The normalized spacial score (nSPS) is 11.5. The molecule has 160 valence electrons. The van der Waals surface area contributed by atoms with E-state index in [2.05, 4.69) is 9.47 Å². The van der Waals surface area contributed by atoms with Crippen LogP contribution in [0.3, 0.4) is 0 Å². The lowest BCUT2D eigenvalue weighted by Crippen LogP contribution is -2.16. The van der Waals surface area contributed by atoms with Gasteiger partial charge in [-0.15, -0.1) is 0 Å². The number of aliphatic carboxylic acids is 4. The van der Waals surface area contributed by atoms with Crippen molar-refractivity contribution in [3.05, 3.63) is 35.5 Å². The third-order valence-corrected chi connectivity index (χ3v) is 2.60. The molecule has 0 aromatic carbocycles. The summed E-state index contributed by atoms with van der Waals surface area (Å²) in [4.78, 5) is 87.8. The van der Waals surface area contributed by atoms with Crippen LogP contribution in [0, 0.1) is 0 Å². The minimum Gasteiger partial charge on any atom is -0.478 e. The highest BCUT2D eigenvalue weighted by atomic mass is 16.6. The Balaban J connectivity index is 4.79. The van der Waals surface area contributed by atoms with Gasteiger partial charge in [0.1, 0.15) is 0 Å². The van der Waals surface area contributed by atoms with Crippen molar-refractivity contribution in [3.63, 3.8) is 0 Å². The number of hydrogen-bond acceptors (Lipinski definition) is 10. The summed E-state index contributed by atoms with van der Waals surface area (Å²) in [5.41, 5.74) is -1.78. The molecule has 30 heavy (non-hydrogen) atoms. The topological polar surface area (TPSA) is 236 Å². The lowest BCUT2D eigenvalue weighted by atomic mass is 10.2. The van der Waals surface area contributed by atoms with Gasteiger partial charge in [-0.25, -0.2) is 28.8 Å². The fraction of sp³-hybridized carbons (Fsp3) is 0.125. The van der Waals surface area contributed by atoms with Gasteiger partial charge >= 0.3 is 47.8 Å². The summed E-state index contributed by atoms with van der Waals surface area (Å²) >= 11 is 0. The molecule has 0 radical (unpaired) electrons. The zero-order valence-electron chi connectivity index (χ0n) is 14.6. The summed E-state index contributed by atoms with van der Waals surface area (Å²) in [5.74, 6) is -12.8. The number of rotatable bonds is 10. The summed E-state index contributed by atoms with van der Waals surface area (Å²) in [6, 6.07) is 0. The van der Waals surface area contributed by atoms with E-state index in [-0.39, 0.29) is 12.2 Å². The Morgan fingerprint density at radius 2 is 0.867 bits per heavy atom. The Labute approximate surface area is 165 Å². The number of esters is 4. The minimum atomic E-state index is -1.75. The number of carboxylic acids is 4. The van der Waals surface area contributed by atoms with Crippen molar-refractivity contribution in [2.24, 2.45) is 0 Å². The number of carboxylic acid groups (broad SMARTS) is 4. The van der Waals surface area contributed by atoms with E-state index in [1.807, 2.05) is 0 Å². The van der Waals surface area contributed by atoms with Crippen LogP contribution >= 0.6 is 0 Å². The molecule has 0 fully saturated rings. The molecule has 14 nitrogen and oxygen atoms in total. The van der Waals surface area contributed by atoms with Gasteiger partial charge in [0.05, 0.1) is 24.0 Å². The van der Waals surface area contributed by atoms with Crippen LogP contribution in [0.1, 0.15) is 12.8 Å². The number of carbonyl (C=O) groups excluding carboxylic acids is 4. The van der Waals surface area contributed by atoms with Gasteiger partial charge in [0.25, 0.3) is 0 Å². The summed E-state index contributed by atoms with van der Waals surface area (Å²) in [7, 11) is 0. The molecule has 0 saturated carbocycles. The van der Waals surface area contributed by atoms with Crippen LogP contribution in [-0.2, 0) is 47.8 Å². The van der Waals surface area contributed by atoms with Gasteiger partial charge in [0.2, 0.25) is 0 Å². The average molecular weight is 428 g/mol. The van der Waals surface area contributed by atoms with Crippen molar-refractivity contribution < 1.29 is 68.3 Å². The second kappa shape index (κ2) is 12.0. The molecule has 0 rings (SSSR count). The standard InChI is InChI=1S/C16H12O14/c17-9(18)3-7(15(25)26)5-13(23)29-11(21)1-2-12(22)30-14(24)6-8(16(27)28)4-10(19)20/h1-4H,5-6H2,(H,17,18)(H,19,20)(H,25,26)(H,27,28)/b2-1-,7-3?,8-4?. The third-order valence-electron chi connectivity index (χ3n) is 2.60. The van der Waals surface area contributed by atoms with Crippen LogP contribution < -0.4 is 0 Å². The highest BCUT2D eigenvalue weighted by Gasteiger charge is 2.19. The van der Waals surface area contributed by atoms with Crippen LogP contribution in [0.25, 0.3) is 0 Å². The Morgan fingerprint density at radius 1 is 0.567 bits per heavy atom. The molecular formula is C16H12O14. The predicted octanol–water partition coefficient (Wildman–Crippen LogP) is -1.35. The molecule has 0 atom stereocenters. The van der Waals surface area contributed by atoms with Gasteiger partial charge in [-0.1, -0.05) is 0 Å². The van der Waals surface area contributed by atoms with E-state index in [0.29, 0.717) is 12.2 Å². The molecule has 14 heteroatoms. The summed E-state index contributed by atoms with van der Waals surface area (Å²) in [6.07, 6.45) is -1.15. The van der Waals surface area contributed by atoms with Crippen LogP contribution in [0.4, 0.5) is 0 Å². The first kappa shape index (κ1) is 25.4. The van der Waals surface area contributed by atoms with Crippen molar-refractivity contribution in [1.29, 1.82) is 0 Å². The molecule has 0 spiro atoms. The van der Waals surface area contributed by atoms with E-state index in [0.717, 1.165) is 0 Å². The van der Waals surface area contributed by atoms with E-state index >= 15 is 0 Å². The molecule has 0 amide bonds. The van der Waals surface area contributed by atoms with E-state index in [1.54, 1.807) is 0 Å². The van der Waals surface area contributed by atoms with Gasteiger partial charge < -0.3 is 29.9 Å². The van der Waals surface area contributed by atoms with E-state index in [1.165, 1.54) is 0 Å². The Hall–Kier alpha value is -4.62. The molecule has 4 N–H and O–H groups in total. The highest BCUT2D eigenvalue weighted by Crippen LogP contribution is 2.05. The molecule has 0 aromatic rings. The summed E-state index contributed by atoms with van der Waals surface area (Å²) in [6.45, 7) is 0. The predicted molar refractivity (Wildman–Crippen MR) is 87.3 cm³/mol. The Kier molecular flexibility index (Phi) is 10.1. The lowest BCUT2D eigenvalue weighted by Gasteiger charge is -2.02. The second-order valence-corrected chi connectivity index (χ2v) is 4.90. The number of hydrogen-bond donors (Lipinski definition) is 4. The number of ether oxygens (including phenoxy) is 2. The molecule has 0 saturated heterocycles. The van der Waals surface area contributed by atoms with Crippen molar-refractivity contribution in [2.45, 2.75) is 12.8 Å². The first-order valence-electron chi connectivity index (χ1n) is 7.32. The molecule has 0 aromatic heterocycles. The first-order valence-corrected chi connectivity index (χ1v) is 7.32. The van der Waals surface area contributed by atoms with Gasteiger partial charge in [-0.3, -0.25) is 9.59 Å². The second-order valence-electron chi connectivity index (χ2n) is 4.90. The van der Waals surface area contributed by atoms with Crippen LogP contribution in [0.15, 0.2) is 35.5 Å². The maximum Gasteiger partial charge on any atom is 0.338 e. The number of carbonyl (C=O) groups is 8. The van der Waals surface area contributed by atoms with Gasteiger partial charge in [-0.2, -0.15) is 0 Å². The summed E-state index contributed by atoms with van der Waals surface area (Å²) < 4.78 is 8.20. The fourth-order valence-electron chi connectivity index (χ4n) is 1.49. The largest absolute Gasteiger partial charge is 0.478 e. The zero-order valence-corrected chi connectivity index (χ0v) is 14.6. The highest BCUT2D eigenvalue weighted by molar-refractivity contribution is 6.03.